The molecule has 2 atom stereocenters. The molecule has 0 saturated heterocycles. The molecule has 1 saturated carbocycles. The molecule has 3 heteroatoms. The summed E-state index contributed by atoms with van der Waals surface area (Å²) in [6.07, 6.45) is 4.97. The summed E-state index contributed by atoms with van der Waals surface area (Å²) in [5.41, 5.74) is 2.85. The van der Waals surface area contributed by atoms with Crippen molar-refractivity contribution in [3.63, 3.8) is 0 Å². The quantitative estimate of drug-likeness (QED) is 0.886. The van der Waals surface area contributed by atoms with Crippen LogP contribution in [0.4, 0.5) is 0 Å². The first-order valence-corrected chi connectivity index (χ1v) is 7.50. The molecule has 0 spiro atoms. The topological polar surface area (TPSA) is 29.9 Å². The Morgan fingerprint density at radius 2 is 2.28 bits per heavy atom. The molecular formula is C15H25N3. The van der Waals surface area contributed by atoms with Gasteiger partial charge in [-0.25, -0.2) is 4.98 Å². The minimum atomic E-state index is 0.694. The van der Waals surface area contributed by atoms with Gasteiger partial charge in [0.25, 0.3) is 0 Å². The van der Waals surface area contributed by atoms with Gasteiger partial charge in [0, 0.05) is 37.7 Å². The highest BCUT2D eigenvalue weighted by atomic mass is 15.2. The minimum Gasteiger partial charge on any atom is -0.328 e. The van der Waals surface area contributed by atoms with Crippen LogP contribution in [0.25, 0.3) is 0 Å². The van der Waals surface area contributed by atoms with Crippen molar-refractivity contribution < 1.29 is 0 Å². The maximum absolute atomic E-state index is 4.92. The Labute approximate surface area is 110 Å². The van der Waals surface area contributed by atoms with Crippen LogP contribution in [-0.4, -0.2) is 16.1 Å². The van der Waals surface area contributed by atoms with E-state index in [1.807, 2.05) is 0 Å². The lowest BCUT2D eigenvalue weighted by atomic mass is 10.1. The Morgan fingerprint density at radius 1 is 1.44 bits per heavy atom. The highest BCUT2D eigenvalue weighted by Crippen LogP contribution is 2.47. The van der Waals surface area contributed by atoms with Crippen LogP contribution in [0.5, 0.6) is 0 Å². The summed E-state index contributed by atoms with van der Waals surface area (Å²) in [5, 5.41) is 3.44. The van der Waals surface area contributed by atoms with E-state index in [0.29, 0.717) is 5.92 Å². The lowest BCUT2D eigenvalue weighted by molar-refractivity contribution is 0.534. The average molecular weight is 247 g/mol. The molecule has 1 aliphatic carbocycles. The van der Waals surface area contributed by atoms with Crippen molar-refractivity contribution in [3.05, 3.63) is 17.2 Å². The number of nitrogens with zero attached hydrogens (tertiary/aromatic N) is 2. The fraction of sp³-hybridized carbons (Fsp3) is 0.800. The first kappa shape index (κ1) is 12.2. The van der Waals surface area contributed by atoms with Gasteiger partial charge in [-0.15, -0.1) is 0 Å². The predicted molar refractivity (Wildman–Crippen MR) is 73.6 cm³/mol. The highest BCUT2D eigenvalue weighted by molar-refractivity contribution is 5.23. The van der Waals surface area contributed by atoms with Gasteiger partial charge in [0.2, 0.25) is 0 Å². The lowest BCUT2D eigenvalue weighted by Crippen LogP contribution is -2.25. The van der Waals surface area contributed by atoms with Crippen molar-refractivity contribution in [1.29, 1.82) is 0 Å². The highest BCUT2D eigenvalue weighted by Gasteiger charge is 2.40. The van der Waals surface area contributed by atoms with Crippen molar-refractivity contribution in [2.75, 3.05) is 6.54 Å². The van der Waals surface area contributed by atoms with Crippen LogP contribution in [0.15, 0.2) is 0 Å². The first-order valence-electron chi connectivity index (χ1n) is 7.50. The van der Waals surface area contributed by atoms with E-state index in [-0.39, 0.29) is 0 Å². The second-order valence-electron chi connectivity index (χ2n) is 6.29. The van der Waals surface area contributed by atoms with Gasteiger partial charge >= 0.3 is 0 Å². The Balaban J connectivity index is 1.94. The van der Waals surface area contributed by atoms with E-state index < -0.39 is 0 Å². The van der Waals surface area contributed by atoms with Crippen LogP contribution in [0.1, 0.15) is 56.9 Å². The summed E-state index contributed by atoms with van der Waals surface area (Å²) in [5.74, 6) is 2.95. The summed E-state index contributed by atoms with van der Waals surface area (Å²) < 4.78 is 2.62. The number of aromatic nitrogens is 2. The third-order valence-corrected chi connectivity index (χ3v) is 4.33. The van der Waals surface area contributed by atoms with Crippen LogP contribution in [0, 0.1) is 11.8 Å². The Kier molecular flexibility index (Phi) is 3.18. The first-order chi connectivity index (χ1) is 8.70. The van der Waals surface area contributed by atoms with Crippen molar-refractivity contribution in [2.45, 2.75) is 59.0 Å². The molecule has 1 N–H and O–H groups in total. The molecule has 3 nitrogen and oxygen atoms in total. The third-order valence-electron chi connectivity index (χ3n) is 4.33. The van der Waals surface area contributed by atoms with Gasteiger partial charge in [0.1, 0.15) is 5.82 Å². The molecule has 0 aromatic carbocycles. The van der Waals surface area contributed by atoms with E-state index in [1.54, 1.807) is 0 Å². The van der Waals surface area contributed by atoms with Crippen LogP contribution in [0.3, 0.4) is 0 Å². The monoisotopic (exact) mass is 247 g/mol. The SMILES string of the molecule is CCC1CC1n1c(CC(C)C)nc2c1CCNC2. The van der Waals surface area contributed by atoms with Crippen molar-refractivity contribution >= 4 is 0 Å². The van der Waals surface area contributed by atoms with Crippen LogP contribution in [0.2, 0.25) is 0 Å². The molecular weight excluding hydrogens is 222 g/mol. The Morgan fingerprint density at radius 3 is 2.94 bits per heavy atom. The number of nitrogens with one attached hydrogen (secondary N) is 1. The van der Waals surface area contributed by atoms with E-state index in [1.165, 1.54) is 30.1 Å². The van der Waals surface area contributed by atoms with Crippen LogP contribution in [-0.2, 0) is 19.4 Å². The number of hydrogen-bond acceptors (Lipinski definition) is 2. The Hall–Kier alpha value is -0.830. The second-order valence-corrected chi connectivity index (χ2v) is 6.29. The summed E-state index contributed by atoms with van der Waals surface area (Å²) in [6.45, 7) is 8.99. The van der Waals surface area contributed by atoms with Crippen molar-refractivity contribution in [1.82, 2.24) is 14.9 Å². The number of imidazole rings is 1. The van der Waals surface area contributed by atoms with Crippen molar-refractivity contribution in [2.24, 2.45) is 11.8 Å². The molecule has 100 valence electrons. The summed E-state index contributed by atoms with van der Waals surface area (Å²) >= 11 is 0. The van der Waals surface area contributed by atoms with Crippen LogP contribution < -0.4 is 5.32 Å². The molecule has 1 aromatic rings. The largest absolute Gasteiger partial charge is 0.328 e. The number of rotatable bonds is 4. The van der Waals surface area contributed by atoms with Gasteiger partial charge in [0.15, 0.2) is 0 Å². The van der Waals surface area contributed by atoms with Crippen LogP contribution >= 0.6 is 0 Å². The van der Waals surface area contributed by atoms with Gasteiger partial charge in [-0.1, -0.05) is 27.2 Å². The molecule has 2 unspecified atom stereocenters. The molecule has 2 aliphatic rings. The summed E-state index contributed by atoms with van der Waals surface area (Å²) in [4.78, 5) is 4.92. The molecule has 2 heterocycles. The zero-order valence-electron chi connectivity index (χ0n) is 11.9. The van der Waals surface area contributed by atoms with E-state index in [9.17, 15) is 0 Å². The lowest BCUT2D eigenvalue weighted by Gasteiger charge is -2.16. The molecule has 3 rings (SSSR count). The molecule has 1 fully saturated rings. The van der Waals surface area contributed by atoms with Crippen molar-refractivity contribution in [3.8, 4) is 0 Å². The molecule has 0 bridgehead atoms. The molecule has 1 aliphatic heterocycles. The molecule has 0 amide bonds. The molecule has 0 radical (unpaired) electrons. The third kappa shape index (κ3) is 2.09. The second kappa shape index (κ2) is 4.69. The fourth-order valence-corrected chi connectivity index (χ4v) is 3.28. The number of fused-ring (bicyclic) bond motifs is 1. The standard InChI is InChI=1S/C15H25N3/c1-4-11-8-14(11)18-13-5-6-16-9-12(13)17-15(18)7-10(2)3/h10-11,14,16H,4-9H2,1-3H3. The average Bonchev–Trinajstić information content (AvgIpc) is 3.02. The predicted octanol–water partition coefficient (Wildman–Crippen LogP) is 2.70. The number of hydrogen-bond donors (Lipinski definition) is 1. The summed E-state index contributed by atoms with van der Waals surface area (Å²) in [7, 11) is 0. The van der Waals surface area contributed by atoms with Gasteiger partial charge in [-0.05, 0) is 18.3 Å². The maximum Gasteiger partial charge on any atom is 0.109 e. The van der Waals surface area contributed by atoms with E-state index in [2.05, 4.69) is 30.7 Å². The zero-order valence-corrected chi connectivity index (χ0v) is 11.9. The van der Waals surface area contributed by atoms with E-state index in [4.69, 9.17) is 4.98 Å². The van der Waals surface area contributed by atoms with Gasteiger partial charge in [-0.2, -0.15) is 0 Å². The summed E-state index contributed by atoms with van der Waals surface area (Å²) in [6, 6.07) is 0.762. The maximum atomic E-state index is 4.92. The Bertz CT molecular complexity index is 433. The smallest absolute Gasteiger partial charge is 0.109 e. The molecule has 18 heavy (non-hydrogen) atoms. The minimum absolute atomic E-state index is 0.694. The molecule has 1 aromatic heterocycles. The zero-order chi connectivity index (χ0) is 12.7. The fourth-order valence-electron chi connectivity index (χ4n) is 3.28. The van der Waals surface area contributed by atoms with Gasteiger partial charge < -0.3 is 9.88 Å². The van der Waals surface area contributed by atoms with Gasteiger partial charge in [-0.3, -0.25) is 0 Å². The van der Waals surface area contributed by atoms with E-state index >= 15 is 0 Å². The van der Waals surface area contributed by atoms with E-state index in [0.717, 1.165) is 37.9 Å². The normalized spacial score (nSPS) is 26.4. The van der Waals surface area contributed by atoms with Gasteiger partial charge in [0.05, 0.1) is 5.69 Å².